The third kappa shape index (κ3) is 2.68. The average molecular weight is 394 g/mol. The van der Waals surface area contributed by atoms with Gasteiger partial charge in [0.25, 0.3) is 0 Å². The van der Waals surface area contributed by atoms with Gasteiger partial charge in [-0.25, -0.2) is 4.99 Å². The van der Waals surface area contributed by atoms with Crippen LogP contribution in [0.15, 0.2) is 99.5 Å². The van der Waals surface area contributed by atoms with Crippen molar-refractivity contribution in [2.75, 3.05) is 0 Å². The molecule has 4 aromatic carbocycles. The summed E-state index contributed by atoms with van der Waals surface area (Å²) in [4.78, 5) is 4.53. The molecular formula is C26H16ClNO. The van der Waals surface area contributed by atoms with Crippen LogP contribution in [0, 0.1) is 0 Å². The summed E-state index contributed by atoms with van der Waals surface area (Å²) in [7, 11) is 0. The van der Waals surface area contributed by atoms with Gasteiger partial charge in [0, 0.05) is 16.0 Å². The van der Waals surface area contributed by atoms with Crippen molar-refractivity contribution in [3.05, 3.63) is 106 Å². The summed E-state index contributed by atoms with van der Waals surface area (Å²) in [6, 6.07) is 27.3. The molecule has 0 N–H and O–H groups in total. The van der Waals surface area contributed by atoms with E-state index in [-0.39, 0.29) is 0 Å². The molecule has 138 valence electrons. The Morgan fingerprint density at radius 1 is 0.759 bits per heavy atom. The highest BCUT2D eigenvalue weighted by molar-refractivity contribution is 6.29. The van der Waals surface area contributed by atoms with Gasteiger partial charge in [-0.15, -0.1) is 0 Å². The molecule has 2 heterocycles. The van der Waals surface area contributed by atoms with Crippen molar-refractivity contribution in [3.8, 4) is 0 Å². The molecule has 0 aliphatic carbocycles. The van der Waals surface area contributed by atoms with Gasteiger partial charge in [-0.05, 0) is 64.7 Å². The molecule has 6 rings (SSSR count). The highest BCUT2D eigenvalue weighted by atomic mass is 35.5. The molecule has 1 aromatic heterocycles. The number of hydrogen-bond acceptors (Lipinski definition) is 2. The molecule has 0 saturated carbocycles. The molecule has 0 unspecified atom stereocenters. The van der Waals surface area contributed by atoms with E-state index >= 15 is 0 Å². The Labute approximate surface area is 172 Å². The Morgan fingerprint density at radius 2 is 1.52 bits per heavy atom. The predicted molar refractivity (Wildman–Crippen MR) is 120 cm³/mol. The second kappa shape index (κ2) is 6.33. The Balaban J connectivity index is 1.62. The number of allylic oxidation sites excluding steroid dienone is 1. The van der Waals surface area contributed by atoms with Crippen molar-refractivity contribution in [1.29, 1.82) is 0 Å². The number of hydrogen-bond donors (Lipinski definition) is 0. The highest BCUT2D eigenvalue weighted by Gasteiger charge is 2.12. The van der Waals surface area contributed by atoms with Gasteiger partial charge in [0.1, 0.15) is 16.3 Å². The van der Waals surface area contributed by atoms with Crippen LogP contribution in [0.2, 0.25) is 0 Å². The lowest BCUT2D eigenvalue weighted by Gasteiger charge is -2.05. The van der Waals surface area contributed by atoms with E-state index < -0.39 is 0 Å². The number of para-hydroxylation sites is 1. The highest BCUT2D eigenvalue weighted by Crippen LogP contribution is 2.34. The molecule has 1 aliphatic rings. The van der Waals surface area contributed by atoms with Crippen LogP contribution in [-0.2, 0) is 0 Å². The zero-order chi connectivity index (χ0) is 19.4. The van der Waals surface area contributed by atoms with Gasteiger partial charge in [0.2, 0.25) is 0 Å². The Bertz CT molecular complexity index is 1590. The van der Waals surface area contributed by atoms with E-state index in [1.807, 2.05) is 24.3 Å². The summed E-state index contributed by atoms with van der Waals surface area (Å²) in [5, 5.41) is 7.24. The zero-order valence-electron chi connectivity index (χ0n) is 15.5. The third-order valence-corrected chi connectivity index (χ3v) is 5.86. The van der Waals surface area contributed by atoms with E-state index in [9.17, 15) is 0 Å². The van der Waals surface area contributed by atoms with Crippen molar-refractivity contribution in [1.82, 2.24) is 0 Å². The molecule has 0 radical (unpaired) electrons. The molecule has 5 aromatic rings. The summed E-state index contributed by atoms with van der Waals surface area (Å²) in [5.74, 6) is 0. The maximum absolute atomic E-state index is 6.26. The molecule has 0 bridgehead atoms. The molecule has 0 atom stereocenters. The van der Waals surface area contributed by atoms with E-state index in [0.717, 1.165) is 44.5 Å². The van der Waals surface area contributed by atoms with Gasteiger partial charge in [0.15, 0.2) is 0 Å². The van der Waals surface area contributed by atoms with Crippen LogP contribution < -0.4 is 10.6 Å². The monoisotopic (exact) mass is 393 g/mol. The van der Waals surface area contributed by atoms with Crippen molar-refractivity contribution < 1.29 is 4.42 Å². The second-order valence-electron chi connectivity index (χ2n) is 7.35. The standard InChI is InChI=1S/C26H16ClNO/c27-26-12-11-19(20-7-3-4-8-23(20)28-26)18-9-10-21-22-13-16-5-1-2-6-17(16)14-25(22)29-24(21)15-18/h1-10,12-15H,11H2. The number of furan rings is 1. The molecule has 0 fully saturated rings. The van der Waals surface area contributed by atoms with Crippen molar-refractivity contribution >= 4 is 49.9 Å². The largest absolute Gasteiger partial charge is 0.456 e. The average Bonchev–Trinajstić information content (AvgIpc) is 3.00. The van der Waals surface area contributed by atoms with Crippen molar-refractivity contribution in [3.63, 3.8) is 0 Å². The maximum atomic E-state index is 6.26. The van der Waals surface area contributed by atoms with Gasteiger partial charge in [0.05, 0.1) is 5.36 Å². The van der Waals surface area contributed by atoms with Crippen LogP contribution in [0.25, 0.3) is 38.3 Å². The van der Waals surface area contributed by atoms with Gasteiger partial charge < -0.3 is 4.42 Å². The fourth-order valence-corrected chi connectivity index (χ4v) is 4.37. The minimum absolute atomic E-state index is 0.531. The molecule has 1 aliphatic heterocycles. The molecule has 0 spiro atoms. The lowest BCUT2D eigenvalue weighted by Crippen LogP contribution is -2.26. The van der Waals surface area contributed by atoms with E-state index in [1.54, 1.807) is 0 Å². The van der Waals surface area contributed by atoms with Crippen LogP contribution in [0.1, 0.15) is 12.0 Å². The number of fused-ring (bicyclic) bond motifs is 5. The summed E-state index contributed by atoms with van der Waals surface area (Å²) in [6.45, 7) is 0. The van der Waals surface area contributed by atoms with Crippen molar-refractivity contribution in [2.24, 2.45) is 4.99 Å². The van der Waals surface area contributed by atoms with E-state index in [4.69, 9.17) is 16.0 Å². The predicted octanol–water partition coefficient (Wildman–Crippen LogP) is 6.04. The van der Waals surface area contributed by atoms with E-state index in [1.165, 1.54) is 16.3 Å². The topological polar surface area (TPSA) is 25.5 Å². The van der Waals surface area contributed by atoms with Crippen LogP contribution in [0.4, 0.5) is 0 Å². The Morgan fingerprint density at radius 3 is 2.41 bits per heavy atom. The second-order valence-corrected chi connectivity index (χ2v) is 7.73. The minimum Gasteiger partial charge on any atom is -0.456 e. The maximum Gasteiger partial charge on any atom is 0.136 e. The van der Waals surface area contributed by atoms with Crippen LogP contribution in [0.3, 0.4) is 0 Å². The Hall–Kier alpha value is -3.36. The third-order valence-electron chi connectivity index (χ3n) is 5.62. The fourth-order valence-electron chi connectivity index (χ4n) is 4.21. The normalized spacial score (nSPS) is 14.0. The summed E-state index contributed by atoms with van der Waals surface area (Å²) >= 11 is 6.26. The summed E-state index contributed by atoms with van der Waals surface area (Å²) in [6.07, 6.45) is 2.70. The van der Waals surface area contributed by atoms with E-state index in [2.05, 4.69) is 65.7 Å². The first-order chi connectivity index (χ1) is 14.3. The SMILES string of the molecule is ClC1=CCC(c2ccc3c(c2)oc2cc4ccccc4cc23)=c2ccccc2=N1. The molecule has 0 saturated heterocycles. The first kappa shape index (κ1) is 16.6. The van der Waals surface area contributed by atoms with Gasteiger partial charge >= 0.3 is 0 Å². The van der Waals surface area contributed by atoms with Gasteiger partial charge in [-0.2, -0.15) is 0 Å². The van der Waals surface area contributed by atoms with Crippen LogP contribution in [-0.4, -0.2) is 0 Å². The first-order valence-corrected chi connectivity index (χ1v) is 10.0. The van der Waals surface area contributed by atoms with Crippen LogP contribution in [0.5, 0.6) is 0 Å². The van der Waals surface area contributed by atoms with Gasteiger partial charge in [-0.1, -0.05) is 60.1 Å². The number of benzene rings is 4. The molecule has 2 nitrogen and oxygen atoms in total. The quantitative estimate of drug-likeness (QED) is 0.319. The molecule has 3 heteroatoms. The summed E-state index contributed by atoms with van der Waals surface area (Å²) in [5.41, 5.74) is 4.15. The van der Waals surface area contributed by atoms with E-state index in [0.29, 0.717) is 5.16 Å². The van der Waals surface area contributed by atoms with Gasteiger partial charge in [-0.3, -0.25) is 0 Å². The Kier molecular flexibility index (Phi) is 3.62. The number of halogens is 1. The number of nitrogens with zero attached hydrogens (tertiary/aromatic N) is 1. The smallest absolute Gasteiger partial charge is 0.136 e. The zero-order valence-corrected chi connectivity index (χ0v) is 16.3. The lowest BCUT2D eigenvalue weighted by atomic mass is 9.98. The molecule has 29 heavy (non-hydrogen) atoms. The first-order valence-electron chi connectivity index (χ1n) is 9.64. The fraction of sp³-hybridized carbons (Fsp3) is 0.0385. The van der Waals surface area contributed by atoms with Crippen LogP contribution >= 0.6 is 11.6 Å². The molecule has 0 amide bonds. The van der Waals surface area contributed by atoms with Crippen molar-refractivity contribution in [2.45, 2.75) is 6.42 Å². The molecular weight excluding hydrogens is 378 g/mol. The minimum atomic E-state index is 0.531. The number of rotatable bonds is 1. The lowest BCUT2D eigenvalue weighted by molar-refractivity contribution is 0.669. The summed E-state index contributed by atoms with van der Waals surface area (Å²) < 4.78 is 6.25.